The number of nitrogens with one attached hydrogen (secondary N) is 1. The van der Waals surface area contributed by atoms with Crippen LogP contribution >= 0.6 is 0 Å². The Hall–Kier alpha value is -3.59. The maximum atomic E-state index is 13.8. The van der Waals surface area contributed by atoms with Crippen LogP contribution in [0.5, 0.6) is 0 Å². The van der Waals surface area contributed by atoms with Crippen molar-refractivity contribution < 1.29 is 31.1 Å². The lowest BCUT2D eigenvalue weighted by atomic mass is 10.0. The van der Waals surface area contributed by atoms with Crippen LogP contribution in [0.2, 0.25) is 0 Å². The molecule has 3 aromatic rings. The highest BCUT2D eigenvalue weighted by atomic mass is 32.2. The Morgan fingerprint density at radius 1 is 0.886 bits per heavy atom. The molecular weight excluding hydrogens is 479 g/mol. The summed E-state index contributed by atoms with van der Waals surface area (Å²) in [5.74, 6) is 0. The average Bonchev–Trinajstić information content (AvgIpc) is 2.83. The molecule has 0 aromatic heterocycles. The number of hydrogen-bond donors (Lipinski definition) is 1. The first kappa shape index (κ1) is 26.0. The number of hydrogen-bond acceptors (Lipinski definition) is 4. The molecule has 9 heteroatoms. The van der Waals surface area contributed by atoms with Crippen molar-refractivity contribution in [2.45, 2.75) is 41.5 Å². The molecule has 0 fully saturated rings. The summed E-state index contributed by atoms with van der Waals surface area (Å²) in [6, 6.07) is 21.3. The zero-order valence-corrected chi connectivity index (χ0v) is 19.8. The summed E-state index contributed by atoms with van der Waals surface area (Å²) >= 11 is 0. The van der Waals surface area contributed by atoms with Gasteiger partial charge in [-0.3, -0.25) is 0 Å². The van der Waals surface area contributed by atoms with E-state index in [0.717, 1.165) is 19.1 Å². The summed E-state index contributed by atoms with van der Waals surface area (Å²) < 4.78 is 71.5. The maximum Gasteiger partial charge on any atom is 0.431 e. The highest BCUT2D eigenvalue weighted by Crippen LogP contribution is 2.35. The van der Waals surface area contributed by atoms with Crippen molar-refractivity contribution >= 4 is 22.0 Å². The molecule has 35 heavy (non-hydrogen) atoms. The van der Waals surface area contributed by atoms with E-state index in [1.54, 1.807) is 55.5 Å². The third-order valence-electron chi connectivity index (χ3n) is 5.34. The highest BCUT2D eigenvalue weighted by Gasteiger charge is 2.53. The van der Waals surface area contributed by atoms with Crippen LogP contribution in [0.1, 0.15) is 31.0 Å². The van der Waals surface area contributed by atoms with E-state index < -0.39 is 33.7 Å². The number of ether oxygens (including phenoxy) is 1. The lowest BCUT2D eigenvalue weighted by molar-refractivity contribution is -0.231. The van der Waals surface area contributed by atoms with Gasteiger partial charge in [0.05, 0.1) is 15.8 Å². The SMILES string of the molecule is C[C@H](NC(=O)O[C@@](C)(/C=C/c1ccc(S(=O)(=O)c2ccccc2)cc1)C(F)(F)F)c1ccccc1. The van der Waals surface area contributed by atoms with E-state index in [0.29, 0.717) is 11.1 Å². The quantitative estimate of drug-likeness (QED) is 0.408. The molecule has 0 saturated carbocycles. The van der Waals surface area contributed by atoms with E-state index in [1.807, 2.05) is 0 Å². The molecule has 0 aliphatic heterocycles. The minimum Gasteiger partial charge on any atom is -0.429 e. The fourth-order valence-corrected chi connectivity index (χ4v) is 4.44. The van der Waals surface area contributed by atoms with Crippen LogP contribution in [0.15, 0.2) is 101 Å². The van der Waals surface area contributed by atoms with Crippen LogP contribution in [0, 0.1) is 0 Å². The van der Waals surface area contributed by atoms with Crippen LogP contribution < -0.4 is 5.32 Å². The van der Waals surface area contributed by atoms with Gasteiger partial charge in [-0.25, -0.2) is 13.2 Å². The Labute approximate surface area is 202 Å². The zero-order chi connectivity index (χ0) is 25.7. The molecule has 0 spiro atoms. The minimum absolute atomic E-state index is 0.00459. The monoisotopic (exact) mass is 503 g/mol. The van der Waals surface area contributed by atoms with E-state index in [9.17, 15) is 26.4 Å². The van der Waals surface area contributed by atoms with Crippen LogP contribution in [-0.2, 0) is 14.6 Å². The number of alkyl carbamates (subject to hydrolysis) is 1. The van der Waals surface area contributed by atoms with Gasteiger partial charge in [-0.2, -0.15) is 13.2 Å². The number of carbonyl (C=O) groups excluding carboxylic acids is 1. The second-order valence-electron chi connectivity index (χ2n) is 7.99. The Balaban J connectivity index is 1.76. The van der Waals surface area contributed by atoms with Gasteiger partial charge in [0.25, 0.3) is 0 Å². The molecule has 0 bridgehead atoms. The topological polar surface area (TPSA) is 72.5 Å². The molecule has 0 heterocycles. The Morgan fingerprint density at radius 3 is 1.94 bits per heavy atom. The first-order valence-electron chi connectivity index (χ1n) is 10.6. The highest BCUT2D eigenvalue weighted by molar-refractivity contribution is 7.91. The van der Waals surface area contributed by atoms with Crippen molar-refractivity contribution in [2.75, 3.05) is 0 Å². The van der Waals surface area contributed by atoms with Crippen molar-refractivity contribution in [2.24, 2.45) is 0 Å². The number of sulfone groups is 1. The largest absolute Gasteiger partial charge is 0.431 e. The van der Waals surface area contributed by atoms with Crippen LogP contribution in [0.25, 0.3) is 6.08 Å². The van der Waals surface area contributed by atoms with Crippen molar-refractivity contribution in [3.05, 3.63) is 102 Å². The van der Waals surface area contributed by atoms with Gasteiger partial charge in [0, 0.05) is 0 Å². The molecule has 0 unspecified atom stereocenters. The summed E-state index contributed by atoms with van der Waals surface area (Å²) in [5, 5.41) is 2.40. The molecule has 0 aliphatic carbocycles. The van der Waals surface area contributed by atoms with E-state index in [1.165, 1.54) is 36.4 Å². The number of rotatable bonds is 7. The predicted molar refractivity (Wildman–Crippen MR) is 126 cm³/mol. The molecule has 1 amide bonds. The predicted octanol–water partition coefficient (Wildman–Crippen LogP) is 6.34. The second-order valence-corrected chi connectivity index (χ2v) is 9.94. The fourth-order valence-electron chi connectivity index (χ4n) is 3.16. The Kier molecular flexibility index (Phi) is 7.70. The zero-order valence-electron chi connectivity index (χ0n) is 19.0. The summed E-state index contributed by atoms with van der Waals surface area (Å²) in [6.07, 6.45) is -4.27. The summed E-state index contributed by atoms with van der Waals surface area (Å²) in [7, 11) is -3.75. The van der Waals surface area contributed by atoms with Crippen molar-refractivity contribution in [1.82, 2.24) is 5.32 Å². The molecule has 2 atom stereocenters. The normalized spacial score (nSPS) is 14.8. The second kappa shape index (κ2) is 10.4. The van der Waals surface area contributed by atoms with E-state index in [2.05, 4.69) is 5.32 Å². The molecular formula is C26H24F3NO4S. The smallest absolute Gasteiger partial charge is 0.429 e. The van der Waals surface area contributed by atoms with E-state index in [4.69, 9.17) is 4.74 Å². The minimum atomic E-state index is -4.90. The number of halogens is 3. The van der Waals surface area contributed by atoms with Gasteiger partial charge in [0.1, 0.15) is 0 Å². The maximum absolute atomic E-state index is 13.8. The standard InChI is InChI=1S/C26H24F3NO4S/c1-19(21-9-5-3-6-10-21)30-24(31)34-25(2,26(27,28)29)18-17-20-13-15-23(16-14-20)35(32,33)22-11-7-4-8-12-22/h3-19H,1-2H3,(H,30,31)/b18-17+/t19-,25-/m0/s1. The third kappa shape index (κ3) is 6.30. The molecule has 0 radical (unpaired) electrons. The number of amides is 1. The average molecular weight is 504 g/mol. The summed E-state index contributed by atoms with van der Waals surface area (Å²) in [6.45, 7) is 2.37. The van der Waals surface area contributed by atoms with Crippen LogP contribution in [0.3, 0.4) is 0 Å². The first-order valence-corrected chi connectivity index (χ1v) is 12.1. The number of benzene rings is 3. The van der Waals surface area contributed by atoms with E-state index >= 15 is 0 Å². The molecule has 0 saturated heterocycles. The fraction of sp³-hybridized carbons (Fsp3) is 0.192. The lowest BCUT2D eigenvalue weighted by Gasteiger charge is -2.29. The Morgan fingerprint density at radius 2 is 1.40 bits per heavy atom. The van der Waals surface area contributed by atoms with Gasteiger partial charge in [-0.1, -0.05) is 66.7 Å². The molecule has 3 rings (SSSR count). The molecule has 5 nitrogen and oxygen atoms in total. The van der Waals surface area contributed by atoms with Gasteiger partial charge in [0.2, 0.25) is 15.4 Å². The van der Waals surface area contributed by atoms with Gasteiger partial charge in [0.15, 0.2) is 0 Å². The lowest BCUT2D eigenvalue weighted by Crippen LogP contribution is -2.47. The van der Waals surface area contributed by atoms with Crippen molar-refractivity contribution in [3.8, 4) is 0 Å². The summed E-state index contributed by atoms with van der Waals surface area (Å²) in [4.78, 5) is 12.4. The molecule has 184 valence electrons. The van der Waals surface area contributed by atoms with Gasteiger partial charge < -0.3 is 10.1 Å². The van der Waals surface area contributed by atoms with Gasteiger partial charge in [-0.05, 0) is 55.3 Å². The Bertz CT molecular complexity index is 1280. The number of alkyl halides is 3. The van der Waals surface area contributed by atoms with Crippen LogP contribution in [0.4, 0.5) is 18.0 Å². The van der Waals surface area contributed by atoms with Gasteiger partial charge >= 0.3 is 12.3 Å². The molecule has 1 N–H and O–H groups in total. The molecule has 3 aromatic carbocycles. The first-order chi connectivity index (χ1) is 16.4. The van der Waals surface area contributed by atoms with Crippen molar-refractivity contribution in [3.63, 3.8) is 0 Å². The summed E-state index contributed by atoms with van der Waals surface area (Å²) in [5.41, 5.74) is -1.91. The van der Waals surface area contributed by atoms with Gasteiger partial charge in [-0.15, -0.1) is 0 Å². The van der Waals surface area contributed by atoms with Crippen molar-refractivity contribution in [1.29, 1.82) is 0 Å². The number of carbonyl (C=O) groups is 1. The van der Waals surface area contributed by atoms with E-state index in [-0.39, 0.29) is 9.79 Å². The molecule has 0 aliphatic rings. The third-order valence-corrected chi connectivity index (χ3v) is 7.12. The van der Waals surface area contributed by atoms with Crippen LogP contribution in [-0.4, -0.2) is 26.3 Å².